The second-order valence-electron chi connectivity index (χ2n) is 7.27. The van der Waals surface area contributed by atoms with Crippen LogP contribution in [0.1, 0.15) is 24.0 Å². The number of hydrogen-bond donors (Lipinski definition) is 4. The molecule has 148 valence electrons. The third-order valence-corrected chi connectivity index (χ3v) is 5.63. The summed E-state index contributed by atoms with van der Waals surface area (Å²) in [6.07, 6.45) is 1.56. The number of benzene rings is 1. The lowest BCUT2D eigenvalue weighted by atomic mass is 10.00. The highest BCUT2D eigenvalue weighted by atomic mass is 16.7. The number of carbonyl (C=O) groups is 1. The van der Waals surface area contributed by atoms with Crippen molar-refractivity contribution in [1.29, 1.82) is 0 Å². The molecule has 28 heavy (non-hydrogen) atoms. The van der Waals surface area contributed by atoms with E-state index in [1.807, 2.05) is 19.2 Å². The smallest absolute Gasteiger partial charge is 0.504 e. The van der Waals surface area contributed by atoms with Crippen molar-refractivity contribution in [2.45, 2.75) is 31.7 Å². The molecule has 2 aromatic rings. The SMILES string of the molecule is CNC1CCN(c2ccc3c(c2)CCCc2c-3[nH]c(=O)c(OC(=O)O)c2O)C1. The van der Waals surface area contributed by atoms with E-state index in [-0.39, 0.29) is 0 Å². The van der Waals surface area contributed by atoms with E-state index in [1.54, 1.807) is 0 Å². The number of hydrogen-bond acceptors (Lipinski definition) is 6. The van der Waals surface area contributed by atoms with Gasteiger partial charge in [0.25, 0.3) is 5.56 Å². The fourth-order valence-corrected chi connectivity index (χ4v) is 4.18. The lowest BCUT2D eigenvalue weighted by Crippen LogP contribution is -2.29. The van der Waals surface area contributed by atoms with E-state index in [0.29, 0.717) is 23.7 Å². The minimum Gasteiger partial charge on any atom is -0.504 e. The number of nitrogens with one attached hydrogen (secondary N) is 2. The molecule has 1 saturated heterocycles. The number of carboxylic acid groups (broad SMARTS) is 1. The molecule has 1 aromatic heterocycles. The summed E-state index contributed by atoms with van der Waals surface area (Å²) >= 11 is 0. The summed E-state index contributed by atoms with van der Waals surface area (Å²) in [5.74, 6) is -0.962. The minimum atomic E-state index is -1.63. The molecular formula is C20H23N3O5. The van der Waals surface area contributed by atoms with Crippen LogP contribution >= 0.6 is 0 Å². The number of H-pyrrole nitrogens is 1. The number of nitrogens with zero attached hydrogens (tertiary/aromatic N) is 1. The lowest BCUT2D eigenvalue weighted by Gasteiger charge is -2.21. The van der Waals surface area contributed by atoms with Gasteiger partial charge in [-0.1, -0.05) is 6.07 Å². The molecule has 0 bridgehead atoms. The molecule has 1 aliphatic heterocycles. The van der Waals surface area contributed by atoms with Crippen LogP contribution in [0.4, 0.5) is 10.5 Å². The predicted molar refractivity (Wildman–Crippen MR) is 105 cm³/mol. The van der Waals surface area contributed by atoms with Crippen LogP contribution < -0.4 is 20.5 Å². The highest BCUT2D eigenvalue weighted by Crippen LogP contribution is 2.39. The third-order valence-electron chi connectivity index (χ3n) is 5.63. The number of aryl methyl sites for hydroxylation is 1. The Hall–Kier alpha value is -3.00. The second kappa shape index (κ2) is 7.20. The fourth-order valence-electron chi connectivity index (χ4n) is 4.18. The van der Waals surface area contributed by atoms with Crippen LogP contribution in [-0.4, -0.2) is 47.5 Å². The summed E-state index contributed by atoms with van der Waals surface area (Å²) in [4.78, 5) is 28.2. The van der Waals surface area contributed by atoms with Gasteiger partial charge in [-0.25, -0.2) is 4.79 Å². The summed E-state index contributed by atoms with van der Waals surface area (Å²) in [7, 11) is 1.98. The number of aromatic hydroxyl groups is 1. The first kappa shape index (κ1) is 18.4. The van der Waals surface area contributed by atoms with Gasteiger partial charge >= 0.3 is 6.16 Å². The highest BCUT2D eigenvalue weighted by molar-refractivity contribution is 5.75. The maximum absolute atomic E-state index is 12.3. The fraction of sp³-hybridized carbons (Fsp3) is 0.400. The first-order valence-electron chi connectivity index (χ1n) is 9.42. The van der Waals surface area contributed by atoms with Crippen LogP contribution in [0.15, 0.2) is 23.0 Å². The van der Waals surface area contributed by atoms with Crippen molar-refractivity contribution in [2.24, 2.45) is 0 Å². The standard InChI is InChI=1S/C20H23N3O5/c1-21-12-7-8-23(10-12)13-5-6-14-11(9-13)3-2-4-15-16(14)22-19(25)18(17(15)24)28-20(26)27/h5-6,9,12,21H,2-4,7-8,10H2,1H3,(H,26,27)(H2,22,24,25). The summed E-state index contributed by atoms with van der Waals surface area (Å²) in [6, 6.07) is 6.64. The van der Waals surface area contributed by atoms with Crippen molar-refractivity contribution in [3.8, 4) is 22.8 Å². The molecule has 2 heterocycles. The topological polar surface area (TPSA) is 115 Å². The summed E-state index contributed by atoms with van der Waals surface area (Å²) in [5, 5.41) is 22.6. The van der Waals surface area contributed by atoms with E-state index >= 15 is 0 Å². The van der Waals surface area contributed by atoms with E-state index in [0.717, 1.165) is 49.2 Å². The molecule has 1 aromatic carbocycles. The van der Waals surface area contributed by atoms with Crippen molar-refractivity contribution in [3.63, 3.8) is 0 Å². The number of aromatic nitrogens is 1. The normalized spacial score (nSPS) is 18.3. The number of fused-ring (bicyclic) bond motifs is 3. The Bertz CT molecular complexity index is 985. The number of pyridine rings is 1. The third kappa shape index (κ3) is 3.20. The highest BCUT2D eigenvalue weighted by Gasteiger charge is 2.26. The Morgan fingerprint density at radius 2 is 2.18 bits per heavy atom. The van der Waals surface area contributed by atoms with Gasteiger partial charge in [0.1, 0.15) is 0 Å². The Morgan fingerprint density at radius 1 is 1.36 bits per heavy atom. The molecule has 1 atom stereocenters. The number of rotatable bonds is 3. The molecule has 8 nitrogen and oxygen atoms in total. The van der Waals surface area contributed by atoms with Crippen molar-refractivity contribution in [2.75, 3.05) is 25.0 Å². The van der Waals surface area contributed by atoms with Gasteiger partial charge in [-0.3, -0.25) is 4.79 Å². The summed E-state index contributed by atoms with van der Waals surface area (Å²) in [6.45, 7) is 1.95. The van der Waals surface area contributed by atoms with E-state index in [9.17, 15) is 14.7 Å². The molecule has 0 saturated carbocycles. The molecule has 1 unspecified atom stereocenters. The average molecular weight is 385 g/mol. The van der Waals surface area contributed by atoms with Gasteiger partial charge in [-0.05, 0) is 50.4 Å². The molecular weight excluding hydrogens is 362 g/mol. The van der Waals surface area contributed by atoms with Crippen LogP contribution in [0.2, 0.25) is 0 Å². The van der Waals surface area contributed by atoms with Gasteiger partial charge in [0.2, 0.25) is 5.75 Å². The first-order valence-corrected chi connectivity index (χ1v) is 9.42. The van der Waals surface area contributed by atoms with Crippen LogP contribution in [-0.2, 0) is 12.8 Å². The molecule has 1 aliphatic carbocycles. The Balaban J connectivity index is 1.75. The molecule has 1 fully saturated rings. The van der Waals surface area contributed by atoms with Gasteiger partial charge in [-0.2, -0.15) is 0 Å². The van der Waals surface area contributed by atoms with E-state index < -0.39 is 23.2 Å². The zero-order valence-corrected chi connectivity index (χ0v) is 15.6. The molecule has 0 radical (unpaired) electrons. The predicted octanol–water partition coefficient (Wildman–Crippen LogP) is 2.09. The largest absolute Gasteiger partial charge is 0.511 e. The summed E-state index contributed by atoms with van der Waals surface area (Å²) < 4.78 is 4.49. The van der Waals surface area contributed by atoms with Crippen molar-refractivity contribution in [3.05, 3.63) is 39.7 Å². The molecule has 8 heteroatoms. The van der Waals surface area contributed by atoms with Gasteiger partial charge in [-0.15, -0.1) is 0 Å². The molecule has 2 aliphatic rings. The zero-order valence-electron chi connectivity index (χ0n) is 15.6. The lowest BCUT2D eigenvalue weighted by molar-refractivity contribution is 0.142. The quantitative estimate of drug-likeness (QED) is 0.598. The van der Waals surface area contributed by atoms with E-state index in [1.165, 1.54) is 0 Å². The van der Waals surface area contributed by atoms with Crippen molar-refractivity contribution < 1.29 is 19.7 Å². The van der Waals surface area contributed by atoms with Crippen LogP contribution in [0.5, 0.6) is 11.5 Å². The van der Waals surface area contributed by atoms with Crippen LogP contribution in [0.25, 0.3) is 11.3 Å². The second-order valence-corrected chi connectivity index (χ2v) is 7.27. The molecule has 0 amide bonds. The Morgan fingerprint density at radius 3 is 2.89 bits per heavy atom. The van der Waals surface area contributed by atoms with E-state index in [4.69, 9.17) is 5.11 Å². The number of likely N-dealkylation sites (N-methyl/N-ethyl adjacent to an activating group) is 1. The Kier molecular flexibility index (Phi) is 4.72. The average Bonchev–Trinajstić information content (AvgIpc) is 3.08. The maximum atomic E-state index is 12.3. The number of aromatic amines is 1. The van der Waals surface area contributed by atoms with Crippen molar-refractivity contribution in [1.82, 2.24) is 10.3 Å². The van der Waals surface area contributed by atoms with Crippen LogP contribution in [0, 0.1) is 0 Å². The molecule has 0 spiro atoms. The molecule has 4 rings (SSSR count). The van der Waals surface area contributed by atoms with Crippen LogP contribution in [0.3, 0.4) is 0 Å². The van der Waals surface area contributed by atoms with Gasteiger partial charge in [0.15, 0.2) is 5.75 Å². The minimum absolute atomic E-state index is 0.394. The van der Waals surface area contributed by atoms with Crippen molar-refractivity contribution >= 4 is 11.8 Å². The first-order chi connectivity index (χ1) is 13.5. The zero-order chi connectivity index (χ0) is 19.8. The molecule has 4 N–H and O–H groups in total. The summed E-state index contributed by atoms with van der Waals surface area (Å²) in [5.41, 5.74) is 3.40. The monoisotopic (exact) mass is 385 g/mol. The van der Waals surface area contributed by atoms with E-state index in [2.05, 4.69) is 26.0 Å². The van der Waals surface area contributed by atoms with Gasteiger partial charge < -0.3 is 30.2 Å². The van der Waals surface area contributed by atoms with Gasteiger partial charge in [0, 0.05) is 35.9 Å². The Labute approximate surface area is 161 Å². The van der Waals surface area contributed by atoms with Gasteiger partial charge in [0.05, 0.1) is 5.69 Å². The number of ether oxygens (including phenoxy) is 1. The maximum Gasteiger partial charge on any atom is 0.511 e. The number of anilines is 1.